The van der Waals surface area contributed by atoms with E-state index >= 15 is 0 Å². The highest BCUT2D eigenvalue weighted by Crippen LogP contribution is 2.35. The molecule has 1 aromatic carbocycles. The average Bonchev–Trinajstić information content (AvgIpc) is 3.92. The number of para-hydroxylation sites is 2. The van der Waals surface area contributed by atoms with Crippen LogP contribution >= 0.6 is 34.8 Å². The molecular formula is C55H81Cl3N14O3. The van der Waals surface area contributed by atoms with Gasteiger partial charge >= 0.3 is 0 Å². The van der Waals surface area contributed by atoms with Crippen LogP contribution in [0.5, 0.6) is 0 Å². The summed E-state index contributed by atoms with van der Waals surface area (Å²) in [5.41, 5.74) is 9.08. The van der Waals surface area contributed by atoms with Crippen molar-refractivity contribution in [1.29, 1.82) is 0 Å². The molecule has 0 unspecified atom stereocenters. The third-order valence-electron chi connectivity index (χ3n) is 14.0. The highest BCUT2D eigenvalue weighted by atomic mass is 35.5. The Morgan fingerprint density at radius 1 is 0.787 bits per heavy atom. The molecule has 0 radical (unpaired) electrons. The lowest BCUT2D eigenvalue weighted by Crippen LogP contribution is -2.30. The molecule has 1 fully saturated rings. The molecular weight excluding hydrogens is 1010 g/mol. The summed E-state index contributed by atoms with van der Waals surface area (Å²) >= 11 is 19.3. The zero-order valence-electron chi connectivity index (χ0n) is 46.7. The van der Waals surface area contributed by atoms with Gasteiger partial charge in [0, 0.05) is 97.0 Å². The van der Waals surface area contributed by atoms with Crippen LogP contribution in [-0.2, 0) is 57.7 Å². The molecule has 17 nitrogen and oxygen atoms in total. The number of aliphatic hydroxyl groups is 1. The lowest BCUT2D eigenvalue weighted by Gasteiger charge is -2.23. The zero-order chi connectivity index (χ0) is 54.7. The number of ketones is 1. The van der Waals surface area contributed by atoms with E-state index in [0.29, 0.717) is 51.3 Å². The number of benzene rings is 1. The van der Waals surface area contributed by atoms with E-state index in [4.69, 9.17) is 54.5 Å². The smallest absolute Gasteiger partial charge is 0.279 e. The van der Waals surface area contributed by atoms with E-state index in [1.54, 1.807) is 14.0 Å². The molecule has 75 heavy (non-hydrogen) atoms. The standard InChI is InChI=1S/C18H22ClN5.C13H18ClN5O.C11H16ClNO.C11H19N3O.C2H6/c1-12(2)23-9-6-10-24-15(11-23)16(19)17(21-24)18-20-13-7-4-5-8-14(13)22(18)3;1-8(2)18-5-4-6-19-10(7-18)11(14)12(16-19)13-15-9(3)17-20-13;1-4-7(2)9(12)10(13-3)11(14)8-5-6-8;1-9(2)13-4-3-5-14-11(7-13)6-10(8-15)12-14;1-2/h4-5,7-8,12H,6,9-11H2,1-3H3;8H,4-7H2,1-3H3;8H,4-6H2,1-3H3;6,9,15H,3-5,7-8H2,1-2H3;1-2H3/b;;9-7-,13-10?;;. The van der Waals surface area contributed by atoms with Crippen molar-refractivity contribution < 1.29 is 14.4 Å². The summed E-state index contributed by atoms with van der Waals surface area (Å²) in [5.74, 6) is 2.11. The number of rotatable bonds is 10. The van der Waals surface area contributed by atoms with Gasteiger partial charge in [-0.15, -0.1) is 0 Å². The van der Waals surface area contributed by atoms with E-state index in [-0.39, 0.29) is 18.3 Å². The number of carbonyl (C=O) groups is 1. The van der Waals surface area contributed by atoms with Crippen LogP contribution in [0, 0.1) is 12.8 Å². The van der Waals surface area contributed by atoms with Crippen molar-refractivity contribution in [2.45, 2.75) is 179 Å². The van der Waals surface area contributed by atoms with Gasteiger partial charge < -0.3 is 14.2 Å². The fraction of sp³-hybridized carbons (Fsp3) is 0.600. The van der Waals surface area contributed by atoms with Crippen LogP contribution < -0.4 is 0 Å². The molecule has 20 heteroatoms. The Labute approximate surface area is 459 Å². The van der Waals surface area contributed by atoms with E-state index < -0.39 is 0 Å². The minimum atomic E-state index is 0.0433. The molecule has 0 amide bonds. The topological polar surface area (TPSA) is 170 Å². The van der Waals surface area contributed by atoms with Crippen LogP contribution in [0.25, 0.3) is 34.1 Å². The molecule has 6 aromatic rings. The minimum absolute atomic E-state index is 0.0433. The monoisotopic (exact) mass is 1090 g/mol. The molecule has 10 rings (SSSR count). The SMILES string of the molecule is CC.CC(C)N1CCCn2nc(-c3nc4ccccc4n3C)c(Cl)c2C1.CC(C)N1CCCn2nc(CO)cc2C1.CC/C(C)=C(\Cl)C(=NC)C(=O)C1CC1.Cc1noc(-c2nn3c(c2Cl)CN(C(C)C)CCC3)n1. The number of hydrogen-bond acceptors (Lipinski definition) is 13. The number of allylic oxidation sites excluding steroid dienone is 2. The summed E-state index contributed by atoms with van der Waals surface area (Å²) in [7, 11) is 3.65. The number of aliphatic imine (C=N–C) groups is 1. The molecule has 1 aliphatic carbocycles. The van der Waals surface area contributed by atoms with Crippen molar-refractivity contribution in [2.75, 3.05) is 26.7 Å². The fourth-order valence-corrected chi connectivity index (χ4v) is 10.1. The second kappa shape index (κ2) is 27.5. The van der Waals surface area contributed by atoms with Gasteiger partial charge in [-0.3, -0.25) is 38.5 Å². The number of aromatic nitrogens is 10. The molecule has 3 aliphatic heterocycles. The first-order chi connectivity index (χ1) is 35.9. The van der Waals surface area contributed by atoms with Gasteiger partial charge in [0.1, 0.15) is 11.4 Å². The number of Topliss-reactive ketones (excluding diaryl/α,β-unsaturated/α-hetero) is 1. The number of fused-ring (bicyclic) bond motifs is 4. The Morgan fingerprint density at radius 3 is 1.81 bits per heavy atom. The summed E-state index contributed by atoms with van der Waals surface area (Å²) in [5, 5.41) is 28.5. The Balaban J connectivity index is 0.000000164. The number of nitrogens with zero attached hydrogens (tertiary/aromatic N) is 14. The molecule has 8 heterocycles. The van der Waals surface area contributed by atoms with Crippen LogP contribution in [0.4, 0.5) is 0 Å². The van der Waals surface area contributed by atoms with Gasteiger partial charge in [0.15, 0.2) is 23.1 Å². The molecule has 0 bridgehead atoms. The highest BCUT2D eigenvalue weighted by Gasteiger charge is 2.34. The lowest BCUT2D eigenvalue weighted by molar-refractivity contribution is -0.113. The second-order valence-electron chi connectivity index (χ2n) is 20.2. The zero-order valence-corrected chi connectivity index (χ0v) is 48.9. The Hall–Kier alpha value is -4.75. The molecule has 0 atom stereocenters. The second-order valence-corrected chi connectivity index (χ2v) is 21.3. The summed E-state index contributed by atoms with van der Waals surface area (Å²) in [4.78, 5) is 32.0. The van der Waals surface area contributed by atoms with Gasteiger partial charge in [-0.2, -0.15) is 20.3 Å². The van der Waals surface area contributed by atoms with Crippen LogP contribution in [0.15, 0.2) is 50.5 Å². The van der Waals surface area contributed by atoms with Crippen LogP contribution in [0.3, 0.4) is 0 Å². The normalized spacial score (nSPS) is 16.7. The number of imidazole rings is 1. The van der Waals surface area contributed by atoms with Gasteiger partial charge in [0.05, 0.1) is 55.5 Å². The summed E-state index contributed by atoms with van der Waals surface area (Å²) < 4.78 is 13.3. The van der Waals surface area contributed by atoms with Crippen LogP contribution in [0.1, 0.15) is 136 Å². The molecule has 1 N–H and O–H groups in total. The number of carbonyl (C=O) groups excluding carboxylic acids is 1. The maximum absolute atomic E-state index is 11.7. The summed E-state index contributed by atoms with van der Waals surface area (Å²) in [6, 6.07) is 11.7. The van der Waals surface area contributed by atoms with E-state index in [9.17, 15) is 4.79 Å². The Kier molecular flexibility index (Phi) is 21.8. The molecule has 410 valence electrons. The lowest BCUT2D eigenvalue weighted by atomic mass is 10.1. The minimum Gasteiger partial charge on any atom is -0.390 e. The maximum atomic E-state index is 11.7. The number of aryl methyl sites for hydroxylation is 5. The Bertz CT molecular complexity index is 2880. The number of halogens is 3. The Morgan fingerprint density at radius 2 is 1.32 bits per heavy atom. The number of aliphatic hydroxyl groups excluding tert-OH is 1. The van der Waals surface area contributed by atoms with Gasteiger partial charge in [-0.1, -0.05) is 78.4 Å². The molecule has 0 spiro atoms. The molecule has 1 saturated carbocycles. The van der Waals surface area contributed by atoms with E-state index in [1.807, 2.05) is 68.4 Å². The van der Waals surface area contributed by atoms with Crippen molar-refractivity contribution in [3.05, 3.63) is 79.6 Å². The average molecular weight is 1090 g/mol. The quantitative estimate of drug-likeness (QED) is 0.129. The van der Waals surface area contributed by atoms with E-state index in [1.165, 1.54) is 5.69 Å². The first-order valence-corrected chi connectivity index (χ1v) is 28.1. The van der Waals surface area contributed by atoms with Gasteiger partial charge in [0.2, 0.25) is 0 Å². The van der Waals surface area contributed by atoms with Crippen molar-refractivity contribution >= 4 is 57.3 Å². The highest BCUT2D eigenvalue weighted by molar-refractivity contribution is 6.60. The van der Waals surface area contributed by atoms with E-state index in [2.05, 4.69) is 96.9 Å². The summed E-state index contributed by atoms with van der Waals surface area (Å²) in [6.45, 7) is 31.7. The third kappa shape index (κ3) is 14.6. The fourth-order valence-electron chi connectivity index (χ4n) is 9.20. The first-order valence-electron chi connectivity index (χ1n) is 26.9. The summed E-state index contributed by atoms with van der Waals surface area (Å²) in [6.07, 6.45) is 6.13. The van der Waals surface area contributed by atoms with Crippen LogP contribution in [-0.4, -0.2) is 125 Å². The predicted octanol–water partition coefficient (Wildman–Crippen LogP) is 11.2. The molecule has 0 saturated heterocycles. The predicted molar refractivity (Wildman–Crippen MR) is 302 cm³/mol. The van der Waals surface area contributed by atoms with Gasteiger partial charge in [-0.05, 0) is 112 Å². The molecule has 4 aliphatic rings. The largest absolute Gasteiger partial charge is 0.390 e. The van der Waals surface area contributed by atoms with Crippen molar-refractivity contribution in [3.63, 3.8) is 0 Å². The van der Waals surface area contributed by atoms with Crippen molar-refractivity contribution in [3.8, 4) is 23.1 Å². The molecule has 5 aromatic heterocycles. The van der Waals surface area contributed by atoms with Crippen molar-refractivity contribution in [1.82, 2.24) is 63.7 Å². The third-order valence-corrected chi connectivity index (χ3v) is 15.3. The van der Waals surface area contributed by atoms with E-state index in [0.717, 1.165) is 148 Å². The van der Waals surface area contributed by atoms with Gasteiger partial charge in [0.25, 0.3) is 5.89 Å². The first kappa shape index (κ1) is 59.5. The van der Waals surface area contributed by atoms with Gasteiger partial charge in [-0.25, -0.2) is 4.98 Å². The van der Waals surface area contributed by atoms with Crippen LogP contribution in [0.2, 0.25) is 10.0 Å². The van der Waals surface area contributed by atoms with Crippen molar-refractivity contribution in [2.24, 2.45) is 18.0 Å². The number of hydrogen-bond donors (Lipinski definition) is 1. The maximum Gasteiger partial charge on any atom is 0.279 e.